The molecule has 10 heteroatoms. The second-order valence-electron chi connectivity index (χ2n) is 9.21. The lowest BCUT2D eigenvalue weighted by atomic mass is 10.1. The molecule has 0 radical (unpaired) electrons. The van der Waals surface area contributed by atoms with E-state index >= 15 is 0 Å². The lowest BCUT2D eigenvalue weighted by Crippen LogP contribution is -2.48. The number of amides is 3. The lowest BCUT2D eigenvalue weighted by Gasteiger charge is -2.33. The van der Waals surface area contributed by atoms with Gasteiger partial charge in [0, 0.05) is 26.1 Å². The molecule has 0 aliphatic carbocycles. The van der Waals surface area contributed by atoms with Crippen LogP contribution in [0.25, 0.3) is 0 Å². The van der Waals surface area contributed by atoms with Crippen LogP contribution in [0.15, 0.2) is 54.6 Å². The Bertz CT molecular complexity index is 1020. The highest BCUT2D eigenvalue weighted by Crippen LogP contribution is 2.25. The fourth-order valence-corrected chi connectivity index (χ4v) is 3.98. The maximum atomic E-state index is 12.8. The van der Waals surface area contributed by atoms with Crippen LogP contribution in [0, 0.1) is 0 Å². The third-order valence-electron chi connectivity index (χ3n) is 6.06. The largest absolute Gasteiger partial charge is 0.457 e. The predicted molar refractivity (Wildman–Crippen MR) is 146 cm³/mol. The van der Waals surface area contributed by atoms with E-state index in [4.69, 9.17) is 18.9 Å². The monoisotopic (exact) mass is 541 g/mol. The molecule has 2 aromatic rings. The molecule has 0 bridgehead atoms. The van der Waals surface area contributed by atoms with Gasteiger partial charge in [0.2, 0.25) is 0 Å². The van der Waals surface area contributed by atoms with Gasteiger partial charge in [-0.25, -0.2) is 14.4 Å². The first-order chi connectivity index (χ1) is 19.0. The Balaban J connectivity index is 1.35. The Morgan fingerprint density at radius 2 is 1.51 bits per heavy atom. The minimum Gasteiger partial charge on any atom is -0.457 e. The van der Waals surface area contributed by atoms with E-state index in [1.807, 2.05) is 30.3 Å². The molecule has 3 amide bonds. The van der Waals surface area contributed by atoms with Crippen LogP contribution in [0.3, 0.4) is 0 Å². The molecule has 10 nitrogen and oxygen atoms in total. The normalized spacial score (nSPS) is 14.7. The number of benzene rings is 2. The topological polar surface area (TPSA) is 115 Å². The number of rotatable bonds is 13. The predicted octanol–water partition coefficient (Wildman–Crippen LogP) is 6.21. The summed E-state index contributed by atoms with van der Waals surface area (Å²) >= 11 is 0. The van der Waals surface area contributed by atoms with Gasteiger partial charge >= 0.3 is 18.3 Å². The zero-order valence-electron chi connectivity index (χ0n) is 22.6. The first-order valence-corrected chi connectivity index (χ1v) is 13.7. The minimum atomic E-state index is -0.721. The van der Waals surface area contributed by atoms with Gasteiger partial charge in [0.25, 0.3) is 0 Å². The van der Waals surface area contributed by atoms with Crippen LogP contribution < -0.4 is 20.1 Å². The standard InChI is InChI=1S/C29H39N3O7/c1-2-3-4-9-19-30-27(33)36-22-11-20-31-28(34)39-26-14-8-10-21-32(26)29(35)38-25-17-15-24(16-18-25)37-23-12-6-5-7-13-23/h5-7,12-13,15-18,26H,2-4,8-11,14,19-22H2,1H3,(H,30,33)(H,31,34). The molecule has 1 fully saturated rings. The van der Waals surface area contributed by atoms with E-state index in [0.29, 0.717) is 43.2 Å². The number of nitrogens with zero attached hydrogens (tertiary/aromatic N) is 1. The number of alkyl carbamates (subject to hydrolysis) is 2. The van der Waals surface area contributed by atoms with Gasteiger partial charge in [-0.05, 0) is 62.1 Å². The molecule has 1 saturated heterocycles. The van der Waals surface area contributed by atoms with Crippen molar-refractivity contribution in [1.29, 1.82) is 0 Å². The first kappa shape index (κ1) is 29.6. The summed E-state index contributed by atoms with van der Waals surface area (Å²) in [5, 5.41) is 5.35. The highest BCUT2D eigenvalue weighted by molar-refractivity contribution is 5.72. The summed E-state index contributed by atoms with van der Waals surface area (Å²) in [6, 6.07) is 16.1. The van der Waals surface area contributed by atoms with E-state index in [9.17, 15) is 14.4 Å². The van der Waals surface area contributed by atoms with Gasteiger partial charge in [-0.3, -0.25) is 4.90 Å². The number of carbonyl (C=O) groups excluding carboxylic acids is 3. The number of hydrogen-bond acceptors (Lipinski definition) is 7. The molecular weight excluding hydrogens is 502 g/mol. The number of carbonyl (C=O) groups is 3. The Morgan fingerprint density at radius 3 is 2.28 bits per heavy atom. The van der Waals surface area contributed by atoms with Crippen LogP contribution in [0.4, 0.5) is 14.4 Å². The Labute approximate surface area is 229 Å². The SMILES string of the molecule is CCCCCCNC(=O)OCCCNC(=O)OC1CCCCN1C(=O)Oc1ccc(Oc2ccccc2)cc1. The van der Waals surface area contributed by atoms with Crippen molar-refractivity contribution in [2.45, 2.75) is 64.5 Å². The third-order valence-corrected chi connectivity index (χ3v) is 6.06. The molecule has 1 aliphatic rings. The van der Waals surface area contributed by atoms with Crippen LogP contribution in [0.5, 0.6) is 17.2 Å². The maximum absolute atomic E-state index is 12.8. The number of piperidine rings is 1. The van der Waals surface area contributed by atoms with Crippen molar-refractivity contribution >= 4 is 18.3 Å². The van der Waals surface area contributed by atoms with Crippen LogP contribution in [-0.4, -0.2) is 55.6 Å². The second kappa shape index (κ2) is 16.8. The average Bonchev–Trinajstić information content (AvgIpc) is 2.94. The van der Waals surface area contributed by atoms with Crippen LogP contribution >= 0.6 is 0 Å². The lowest BCUT2D eigenvalue weighted by molar-refractivity contribution is -0.0224. The summed E-state index contributed by atoms with van der Waals surface area (Å²) in [6.07, 6.45) is 4.49. The summed E-state index contributed by atoms with van der Waals surface area (Å²) in [7, 11) is 0. The molecule has 0 spiro atoms. The summed E-state index contributed by atoms with van der Waals surface area (Å²) in [5.41, 5.74) is 0. The van der Waals surface area contributed by atoms with Gasteiger partial charge < -0.3 is 29.6 Å². The molecular formula is C29H39N3O7. The van der Waals surface area contributed by atoms with Gasteiger partial charge in [0.1, 0.15) is 17.2 Å². The smallest absolute Gasteiger partial charge is 0.418 e. The van der Waals surface area contributed by atoms with E-state index in [0.717, 1.165) is 38.5 Å². The number of likely N-dealkylation sites (tertiary alicyclic amines) is 1. The van der Waals surface area contributed by atoms with Crippen LogP contribution in [0.1, 0.15) is 58.3 Å². The number of unbranched alkanes of at least 4 members (excludes halogenated alkanes) is 3. The van der Waals surface area contributed by atoms with Crippen molar-refractivity contribution in [3.05, 3.63) is 54.6 Å². The van der Waals surface area contributed by atoms with Gasteiger partial charge in [-0.2, -0.15) is 0 Å². The molecule has 0 aromatic heterocycles. The molecule has 1 atom stereocenters. The maximum Gasteiger partial charge on any atom is 0.418 e. The highest BCUT2D eigenvalue weighted by Gasteiger charge is 2.31. The molecule has 39 heavy (non-hydrogen) atoms. The molecule has 1 unspecified atom stereocenters. The number of ether oxygens (including phenoxy) is 4. The van der Waals surface area contributed by atoms with E-state index in [2.05, 4.69) is 17.6 Å². The molecule has 212 valence electrons. The summed E-state index contributed by atoms with van der Waals surface area (Å²) in [4.78, 5) is 38.2. The Kier molecular flexibility index (Phi) is 12.8. The number of nitrogens with one attached hydrogen (secondary N) is 2. The fraction of sp³-hybridized carbons (Fsp3) is 0.483. The van der Waals surface area contributed by atoms with Crippen molar-refractivity contribution in [2.24, 2.45) is 0 Å². The molecule has 3 rings (SSSR count). The quantitative estimate of drug-likeness (QED) is 0.290. The second-order valence-corrected chi connectivity index (χ2v) is 9.21. The molecule has 1 heterocycles. The van der Waals surface area contributed by atoms with E-state index in [-0.39, 0.29) is 13.2 Å². The highest BCUT2D eigenvalue weighted by atomic mass is 16.6. The molecule has 2 aromatic carbocycles. The number of para-hydroxylation sites is 1. The zero-order chi connectivity index (χ0) is 27.7. The van der Waals surface area contributed by atoms with Gasteiger partial charge in [-0.15, -0.1) is 0 Å². The van der Waals surface area contributed by atoms with E-state index in [1.165, 1.54) is 4.90 Å². The summed E-state index contributed by atoms with van der Waals surface area (Å²) < 4.78 is 21.9. The van der Waals surface area contributed by atoms with Crippen LogP contribution in [0.2, 0.25) is 0 Å². The summed E-state index contributed by atoms with van der Waals surface area (Å²) in [6.45, 7) is 3.61. The number of hydrogen-bond donors (Lipinski definition) is 2. The zero-order valence-corrected chi connectivity index (χ0v) is 22.6. The molecule has 2 N–H and O–H groups in total. The Morgan fingerprint density at radius 1 is 0.821 bits per heavy atom. The van der Waals surface area contributed by atoms with Gasteiger partial charge in [-0.1, -0.05) is 44.4 Å². The van der Waals surface area contributed by atoms with Gasteiger partial charge in [0.15, 0.2) is 6.23 Å². The first-order valence-electron chi connectivity index (χ1n) is 13.7. The Hall–Kier alpha value is -3.95. The van der Waals surface area contributed by atoms with Crippen molar-refractivity contribution in [3.8, 4) is 17.2 Å². The van der Waals surface area contributed by atoms with Crippen molar-refractivity contribution in [3.63, 3.8) is 0 Å². The van der Waals surface area contributed by atoms with Crippen molar-refractivity contribution in [1.82, 2.24) is 15.5 Å². The van der Waals surface area contributed by atoms with Gasteiger partial charge in [0.05, 0.1) is 6.61 Å². The summed E-state index contributed by atoms with van der Waals surface area (Å²) in [5.74, 6) is 1.68. The van der Waals surface area contributed by atoms with E-state index < -0.39 is 24.5 Å². The molecule has 0 saturated carbocycles. The molecule has 1 aliphatic heterocycles. The van der Waals surface area contributed by atoms with Crippen molar-refractivity contribution < 1.29 is 33.3 Å². The van der Waals surface area contributed by atoms with E-state index in [1.54, 1.807) is 24.3 Å². The average molecular weight is 542 g/mol. The fourth-order valence-electron chi connectivity index (χ4n) is 3.98. The minimum absolute atomic E-state index is 0.179. The third kappa shape index (κ3) is 11.1. The van der Waals surface area contributed by atoms with Crippen LogP contribution in [-0.2, 0) is 9.47 Å². The van der Waals surface area contributed by atoms with Crippen molar-refractivity contribution in [2.75, 3.05) is 26.2 Å².